The van der Waals surface area contributed by atoms with E-state index in [1.807, 2.05) is 0 Å². The molecule has 0 spiro atoms. The van der Waals surface area contributed by atoms with Crippen molar-refractivity contribution in [3.8, 4) is 5.69 Å². The van der Waals surface area contributed by atoms with E-state index in [-0.39, 0.29) is 0 Å². The number of nitrogens with zero attached hydrogens (tertiary/aromatic N) is 3. The van der Waals surface area contributed by atoms with Gasteiger partial charge in [-0.2, -0.15) is 0 Å². The Kier molecular flexibility index (Phi) is 3.05. The smallest absolute Gasteiger partial charge is 0.295 e. The van der Waals surface area contributed by atoms with Gasteiger partial charge in [0.1, 0.15) is 5.82 Å². The maximum Gasteiger partial charge on any atom is 0.296 e. The summed E-state index contributed by atoms with van der Waals surface area (Å²) in [5.41, 5.74) is -0.920. The lowest BCUT2D eigenvalue weighted by atomic mass is 10.2. The van der Waals surface area contributed by atoms with Crippen molar-refractivity contribution in [3.63, 3.8) is 0 Å². The second-order valence-corrected chi connectivity index (χ2v) is 3.55. The Bertz CT molecular complexity index is 610. The molecule has 0 fully saturated rings. The monoisotopic (exact) mass is 253 g/mol. The highest BCUT2D eigenvalue weighted by Crippen LogP contribution is 2.28. The third kappa shape index (κ3) is 1.83. The van der Waals surface area contributed by atoms with E-state index in [2.05, 4.69) is 4.98 Å². The minimum absolute atomic E-state index is 0.419. The number of aromatic nitrogens is 2. The summed E-state index contributed by atoms with van der Waals surface area (Å²) in [5, 5.41) is 10.9. The maximum atomic E-state index is 13.8. The Hall–Kier alpha value is -2.31. The minimum Gasteiger partial charge on any atom is -0.295 e. The first-order valence-corrected chi connectivity index (χ1v) is 5.21. The van der Waals surface area contributed by atoms with Crippen molar-refractivity contribution in [2.45, 2.75) is 13.3 Å². The van der Waals surface area contributed by atoms with E-state index in [1.165, 1.54) is 17.0 Å². The summed E-state index contributed by atoms with van der Waals surface area (Å²) in [6.07, 6.45) is 3.19. The summed E-state index contributed by atoms with van der Waals surface area (Å²) in [6, 6.07) is 1.67. The van der Waals surface area contributed by atoms with Gasteiger partial charge >= 0.3 is 0 Å². The lowest BCUT2D eigenvalue weighted by Gasteiger charge is -2.08. The molecule has 0 saturated carbocycles. The largest absolute Gasteiger partial charge is 0.296 e. The molecule has 7 heteroatoms. The molecule has 1 heterocycles. The molecule has 94 valence electrons. The van der Waals surface area contributed by atoms with Crippen molar-refractivity contribution in [3.05, 3.63) is 52.1 Å². The van der Waals surface area contributed by atoms with E-state index in [1.54, 1.807) is 6.92 Å². The fourth-order valence-corrected chi connectivity index (χ4v) is 1.71. The Labute approximate surface area is 101 Å². The van der Waals surface area contributed by atoms with E-state index in [0.29, 0.717) is 12.2 Å². The molecular weight excluding hydrogens is 244 g/mol. The second kappa shape index (κ2) is 4.52. The van der Waals surface area contributed by atoms with Gasteiger partial charge in [-0.3, -0.25) is 14.7 Å². The predicted octanol–water partition coefficient (Wildman–Crippen LogP) is 2.62. The molecule has 0 aliphatic carbocycles. The number of imidazole rings is 1. The topological polar surface area (TPSA) is 61.0 Å². The van der Waals surface area contributed by atoms with Crippen LogP contribution in [0.25, 0.3) is 5.69 Å². The highest BCUT2D eigenvalue weighted by molar-refractivity contribution is 5.54. The summed E-state index contributed by atoms with van der Waals surface area (Å²) in [4.78, 5) is 14.0. The van der Waals surface area contributed by atoms with E-state index < -0.39 is 27.9 Å². The number of hydrogen-bond acceptors (Lipinski definition) is 3. The van der Waals surface area contributed by atoms with Crippen LogP contribution in [0.3, 0.4) is 0 Å². The van der Waals surface area contributed by atoms with E-state index in [9.17, 15) is 18.9 Å². The highest BCUT2D eigenvalue weighted by Gasteiger charge is 2.24. The normalized spacial score (nSPS) is 10.6. The molecule has 0 saturated heterocycles. The van der Waals surface area contributed by atoms with Crippen LogP contribution in [0.2, 0.25) is 0 Å². The average molecular weight is 253 g/mol. The fourth-order valence-electron chi connectivity index (χ4n) is 1.71. The number of benzene rings is 1. The Morgan fingerprint density at radius 1 is 1.44 bits per heavy atom. The lowest BCUT2D eigenvalue weighted by Crippen LogP contribution is -2.07. The van der Waals surface area contributed by atoms with E-state index in [0.717, 1.165) is 12.1 Å². The lowest BCUT2D eigenvalue weighted by molar-refractivity contribution is -0.384. The zero-order valence-electron chi connectivity index (χ0n) is 9.43. The number of hydrogen-bond donors (Lipinski definition) is 0. The quantitative estimate of drug-likeness (QED) is 0.624. The zero-order valence-corrected chi connectivity index (χ0v) is 9.43. The molecule has 1 aromatic heterocycles. The first kappa shape index (κ1) is 12.2. The maximum absolute atomic E-state index is 13.8. The van der Waals surface area contributed by atoms with Gasteiger partial charge in [0.25, 0.3) is 5.69 Å². The molecule has 5 nitrogen and oxygen atoms in total. The molecule has 0 aliphatic rings. The Balaban J connectivity index is 2.76. The first-order chi connectivity index (χ1) is 8.56. The molecule has 0 atom stereocenters. The molecule has 2 aromatic rings. The molecule has 1 aromatic carbocycles. The molecule has 18 heavy (non-hydrogen) atoms. The van der Waals surface area contributed by atoms with Crippen LogP contribution in [-0.4, -0.2) is 14.5 Å². The van der Waals surface area contributed by atoms with Crippen molar-refractivity contribution < 1.29 is 13.7 Å². The molecule has 0 radical (unpaired) electrons. The second-order valence-electron chi connectivity index (χ2n) is 3.55. The summed E-state index contributed by atoms with van der Waals surface area (Å²) >= 11 is 0. The van der Waals surface area contributed by atoms with Crippen LogP contribution < -0.4 is 0 Å². The van der Waals surface area contributed by atoms with Crippen LogP contribution in [0.4, 0.5) is 14.5 Å². The molecule has 0 N–H and O–H groups in total. The fraction of sp³-hybridized carbons (Fsp3) is 0.182. The van der Waals surface area contributed by atoms with E-state index >= 15 is 0 Å². The van der Waals surface area contributed by atoms with Gasteiger partial charge in [-0.15, -0.1) is 0 Å². The standard InChI is InChI=1S/C11H9F2N3O2/c1-2-9-14-5-6-15(9)11-8(16(17)18)4-3-7(12)10(11)13/h3-6H,2H2,1H3. The summed E-state index contributed by atoms with van der Waals surface area (Å²) in [6.45, 7) is 1.77. The highest BCUT2D eigenvalue weighted by atomic mass is 19.2. The van der Waals surface area contributed by atoms with Crippen molar-refractivity contribution >= 4 is 5.69 Å². The van der Waals surface area contributed by atoms with Gasteiger partial charge in [-0.1, -0.05) is 6.92 Å². The molecule has 0 amide bonds. The van der Waals surface area contributed by atoms with E-state index in [4.69, 9.17) is 0 Å². The van der Waals surface area contributed by atoms with Gasteiger partial charge in [0.2, 0.25) is 0 Å². The zero-order chi connectivity index (χ0) is 13.3. The number of aryl methyl sites for hydroxylation is 1. The van der Waals surface area contributed by atoms with Gasteiger partial charge in [-0.25, -0.2) is 13.8 Å². The molecule has 2 rings (SSSR count). The van der Waals surface area contributed by atoms with Crippen LogP contribution in [0.5, 0.6) is 0 Å². The third-order valence-corrected chi connectivity index (χ3v) is 2.52. The van der Waals surface area contributed by atoms with Crippen molar-refractivity contribution in [1.29, 1.82) is 0 Å². The minimum atomic E-state index is -1.25. The predicted molar refractivity (Wildman–Crippen MR) is 59.5 cm³/mol. The van der Waals surface area contributed by atoms with Gasteiger partial charge in [0.05, 0.1) is 4.92 Å². The average Bonchev–Trinajstić information content (AvgIpc) is 2.79. The number of nitro groups is 1. The first-order valence-electron chi connectivity index (χ1n) is 5.21. The number of halogens is 2. The molecule has 0 bridgehead atoms. The van der Waals surface area contributed by atoms with Crippen molar-refractivity contribution in [2.75, 3.05) is 0 Å². The van der Waals surface area contributed by atoms with Crippen LogP contribution >= 0.6 is 0 Å². The van der Waals surface area contributed by atoms with Crippen molar-refractivity contribution in [1.82, 2.24) is 9.55 Å². The Morgan fingerprint density at radius 3 is 2.78 bits per heavy atom. The van der Waals surface area contributed by atoms with Crippen LogP contribution in [0, 0.1) is 21.7 Å². The van der Waals surface area contributed by atoms with Crippen LogP contribution in [0.15, 0.2) is 24.5 Å². The van der Waals surface area contributed by atoms with Gasteiger partial charge in [0.15, 0.2) is 17.3 Å². The van der Waals surface area contributed by atoms with Crippen molar-refractivity contribution in [2.24, 2.45) is 0 Å². The van der Waals surface area contributed by atoms with Crippen LogP contribution in [-0.2, 0) is 6.42 Å². The van der Waals surface area contributed by atoms with Gasteiger partial charge in [0, 0.05) is 24.9 Å². The van der Waals surface area contributed by atoms with Gasteiger partial charge in [-0.05, 0) is 6.07 Å². The van der Waals surface area contributed by atoms with Gasteiger partial charge < -0.3 is 0 Å². The number of nitro benzene ring substituents is 1. The summed E-state index contributed by atoms with van der Waals surface area (Å²) in [7, 11) is 0. The number of rotatable bonds is 3. The molecular formula is C11H9F2N3O2. The van der Waals surface area contributed by atoms with Crippen LogP contribution in [0.1, 0.15) is 12.7 Å². The summed E-state index contributed by atoms with van der Waals surface area (Å²) in [5.74, 6) is -1.97. The Morgan fingerprint density at radius 2 is 2.17 bits per heavy atom. The third-order valence-electron chi connectivity index (χ3n) is 2.52. The summed E-state index contributed by atoms with van der Waals surface area (Å²) < 4.78 is 28.2. The molecule has 0 aliphatic heterocycles. The molecule has 0 unspecified atom stereocenters. The SMILES string of the molecule is CCc1nccn1-c1c([N+](=O)[O-])ccc(F)c1F.